The number of hydrogen-bond acceptors (Lipinski definition) is 8. The van der Waals surface area contributed by atoms with Gasteiger partial charge in [0.05, 0.1) is 6.20 Å². The Labute approximate surface area is 164 Å². The number of rotatable bonds is 5. The smallest absolute Gasteiger partial charge is 0.355 e. The number of carboxylic acids is 1. The number of amides is 1. The summed E-state index contributed by atoms with van der Waals surface area (Å²) >= 11 is 0. The number of sulfonamides is 1. The van der Waals surface area contributed by atoms with E-state index in [1.54, 1.807) is 32.0 Å². The monoisotopic (exact) mass is 417 g/mol. The fraction of sp³-hybridized carbons (Fsp3) is 0.125. The van der Waals surface area contributed by atoms with Gasteiger partial charge in [-0.3, -0.25) is 4.79 Å². The van der Waals surface area contributed by atoms with Crippen LogP contribution in [-0.2, 0) is 10.0 Å². The number of hydrogen-bond donors (Lipinski definition) is 2. The topological polar surface area (TPSA) is 174 Å². The molecule has 12 nitrogen and oxygen atoms in total. The SMILES string of the molecule is Cc1cc(C)nc(N(c2c(C(=O)O)cnn2-c2ccccn2)S(=O)(=O)C(N)=O)n1. The molecule has 0 saturated heterocycles. The summed E-state index contributed by atoms with van der Waals surface area (Å²) in [5.74, 6) is -2.36. The molecule has 3 rings (SSSR count). The van der Waals surface area contributed by atoms with Crippen molar-refractivity contribution >= 4 is 33.0 Å². The third-order valence-electron chi connectivity index (χ3n) is 3.68. The lowest BCUT2D eigenvalue weighted by Gasteiger charge is -2.22. The number of primary amides is 1. The van der Waals surface area contributed by atoms with E-state index in [0.717, 1.165) is 10.9 Å². The number of carbonyl (C=O) groups excluding carboxylic acids is 1. The zero-order valence-electron chi connectivity index (χ0n) is 15.2. The van der Waals surface area contributed by atoms with Crippen molar-refractivity contribution in [1.82, 2.24) is 24.7 Å². The molecule has 0 spiro atoms. The van der Waals surface area contributed by atoms with Crippen molar-refractivity contribution in [2.24, 2.45) is 5.73 Å². The van der Waals surface area contributed by atoms with Crippen molar-refractivity contribution < 1.29 is 23.1 Å². The molecule has 0 aromatic carbocycles. The van der Waals surface area contributed by atoms with E-state index in [0.29, 0.717) is 15.7 Å². The Morgan fingerprint density at radius 2 is 1.83 bits per heavy atom. The second-order valence-electron chi connectivity index (χ2n) is 5.83. The molecule has 3 aromatic heterocycles. The van der Waals surface area contributed by atoms with Crippen LogP contribution in [-0.4, -0.2) is 49.5 Å². The van der Waals surface area contributed by atoms with Gasteiger partial charge in [0.25, 0.3) is 0 Å². The van der Waals surface area contributed by atoms with Crippen LogP contribution in [0.15, 0.2) is 36.7 Å². The largest absolute Gasteiger partial charge is 0.477 e. The maximum Gasteiger partial charge on any atom is 0.355 e. The van der Waals surface area contributed by atoms with E-state index in [-0.39, 0.29) is 5.82 Å². The molecule has 3 heterocycles. The summed E-state index contributed by atoms with van der Waals surface area (Å²) in [6.45, 7) is 3.17. The van der Waals surface area contributed by atoms with Gasteiger partial charge in [0.2, 0.25) is 5.95 Å². The van der Waals surface area contributed by atoms with Crippen LogP contribution in [0.3, 0.4) is 0 Å². The molecule has 3 aromatic rings. The zero-order chi connectivity index (χ0) is 21.3. The van der Waals surface area contributed by atoms with Gasteiger partial charge >= 0.3 is 21.2 Å². The molecular weight excluding hydrogens is 402 g/mol. The van der Waals surface area contributed by atoms with Gasteiger partial charge in [0.15, 0.2) is 11.6 Å². The zero-order valence-corrected chi connectivity index (χ0v) is 16.0. The van der Waals surface area contributed by atoms with Gasteiger partial charge in [0, 0.05) is 17.6 Å². The average molecular weight is 417 g/mol. The van der Waals surface area contributed by atoms with E-state index in [2.05, 4.69) is 20.1 Å². The lowest BCUT2D eigenvalue weighted by atomic mass is 10.3. The van der Waals surface area contributed by atoms with Crippen LogP contribution < -0.4 is 10.0 Å². The lowest BCUT2D eigenvalue weighted by molar-refractivity contribution is 0.0698. The van der Waals surface area contributed by atoms with Crippen molar-refractivity contribution in [3.8, 4) is 5.82 Å². The first-order valence-electron chi connectivity index (χ1n) is 8.02. The van der Waals surface area contributed by atoms with Crippen LogP contribution in [0, 0.1) is 13.8 Å². The number of pyridine rings is 1. The van der Waals surface area contributed by atoms with E-state index in [4.69, 9.17) is 5.73 Å². The summed E-state index contributed by atoms with van der Waals surface area (Å²) < 4.78 is 27.0. The summed E-state index contributed by atoms with van der Waals surface area (Å²) in [6.07, 6.45) is 2.33. The Hall–Kier alpha value is -3.87. The fourth-order valence-corrected chi connectivity index (χ4v) is 3.42. The third-order valence-corrected chi connectivity index (χ3v) is 5.01. The summed E-state index contributed by atoms with van der Waals surface area (Å²) in [5, 5.41) is 11.8. The molecule has 3 N–H and O–H groups in total. The fourth-order valence-electron chi connectivity index (χ4n) is 2.54. The van der Waals surface area contributed by atoms with Gasteiger partial charge in [-0.2, -0.15) is 22.5 Å². The molecule has 0 atom stereocenters. The number of aromatic carboxylic acids is 1. The first-order valence-corrected chi connectivity index (χ1v) is 9.46. The Morgan fingerprint density at radius 1 is 1.17 bits per heavy atom. The maximum absolute atomic E-state index is 12.8. The van der Waals surface area contributed by atoms with E-state index in [1.165, 1.54) is 12.3 Å². The van der Waals surface area contributed by atoms with Crippen LogP contribution in [0.25, 0.3) is 5.82 Å². The Balaban J connectivity index is 2.42. The summed E-state index contributed by atoms with van der Waals surface area (Å²) in [5.41, 5.74) is 5.34. The molecule has 1 amide bonds. The highest BCUT2D eigenvalue weighted by atomic mass is 32.2. The molecule has 0 aliphatic carbocycles. The second kappa shape index (κ2) is 7.27. The standard InChI is InChI=1S/C16H15N7O5S/c1-9-7-10(2)21-16(20-9)23(29(27,28)15(17)26)13-11(14(24)25)8-19-22(13)12-5-3-4-6-18-12/h3-8H,1-2H3,(H2,17,26)(H,24,25). The van der Waals surface area contributed by atoms with E-state index in [9.17, 15) is 23.1 Å². The minimum atomic E-state index is -4.94. The van der Waals surface area contributed by atoms with E-state index < -0.39 is 38.6 Å². The predicted octanol–water partition coefficient (Wildman–Crippen LogP) is 0.919. The van der Waals surface area contributed by atoms with Gasteiger partial charge in [-0.1, -0.05) is 6.07 Å². The van der Waals surface area contributed by atoms with Crippen LogP contribution in [0.4, 0.5) is 16.6 Å². The first kappa shape index (κ1) is 19.9. The summed E-state index contributed by atoms with van der Waals surface area (Å²) in [7, 11) is -4.94. The Bertz CT molecular complexity index is 1190. The number of carbonyl (C=O) groups is 2. The maximum atomic E-state index is 12.8. The molecule has 0 unspecified atom stereocenters. The van der Waals surface area contributed by atoms with Crippen molar-refractivity contribution in [3.05, 3.63) is 53.6 Å². The number of carboxylic acid groups (broad SMARTS) is 1. The second-order valence-corrected chi connectivity index (χ2v) is 7.54. The van der Waals surface area contributed by atoms with Crippen LogP contribution in [0.2, 0.25) is 0 Å². The van der Waals surface area contributed by atoms with Gasteiger partial charge in [-0.15, -0.1) is 0 Å². The number of nitrogens with zero attached hydrogens (tertiary/aromatic N) is 6. The molecule has 0 bridgehead atoms. The van der Waals surface area contributed by atoms with Gasteiger partial charge in [-0.05, 0) is 32.0 Å². The number of nitrogens with two attached hydrogens (primary N) is 1. The number of anilines is 2. The Morgan fingerprint density at radius 3 is 2.34 bits per heavy atom. The number of aryl methyl sites for hydroxylation is 2. The summed E-state index contributed by atoms with van der Waals surface area (Å²) in [4.78, 5) is 35.7. The van der Waals surface area contributed by atoms with Gasteiger partial charge < -0.3 is 10.8 Å². The molecule has 150 valence electrons. The van der Waals surface area contributed by atoms with Crippen LogP contribution >= 0.6 is 0 Å². The van der Waals surface area contributed by atoms with E-state index >= 15 is 0 Å². The minimum Gasteiger partial charge on any atom is -0.477 e. The highest BCUT2D eigenvalue weighted by Crippen LogP contribution is 2.32. The number of aromatic nitrogens is 5. The van der Waals surface area contributed by atoms with Crippen LogP contribution in [0.1, 0.15) is 21.7 Å². The van der Waals surface area contributed by atoms with Crippen molar-refractivity contribution in [2.75, 3.05) is 4.31 Å². The molecule has 0 aliphatic heterocycles. The minimum absolute atomic E-state index is 0.101. The Kier molecular flexibility index (Phi) is 4.99. The van der Waals surface area contributed by atoms with Crippen molar-refractivity contribution in [2.45, 2.75) is 13.8 Å². The molecule has 13 heteroatoms. The molecule has 0 saturated carbocycles. The highest BCUT2D eigenvalue weighted by Gasteiger charge is 2.38. The van der Waals surface area contributed by atoms with E-state index in [1.807, 2.05) is 0 Å². The molecule has 29 heavy (non-hydrogen) atoms. The quantitative estimate of drug-likeness (QED) is 0.611. The first-order chi connectivity index (χ1) is 13.6. The third kappa shape index (κ3) is 3.62. The highest BCUT2D eigenvalue weighted by molar-refractivity contribution is 8.07. The van der Waals surface area contributed by atoms with Crippen molar-refractivity contribution in [1.29, 1.82) is 0 Å². The van der Waals surface area contributed by atoms with Crippen LogP contribution in [0.5, 0.6) is 0 Å². The lowest BCUT2D eigenvalue weighted by Crippen LogP contribution is -2.39. The average Bonchev–Trinajstić information content (AvgIpc) is 3.06. The van der Waals surface area contributed by atoms with Gasteiger partial charge in [-0.25, -0.2) is 19.7 Å². The summed E-state index contributed by atoms with van der Waals surface area (Å²) in [6, 6.07) is 6.25. The van der Waals surface area contributed by atoms with Gasteiger partial charge in [0.1, 0.15) is 5.56 Å². The molecular formula is C16H15N7O5S. The van der Waals surface area contributed by atoms with Crippen molar-refractivity contribution in [3.63, 3.8) is 0 Å². The molecule has 0 aliphatic rings. The predicted molar refractivity (Wildman–Crippen MR) is 100 cm³/mol. The molecule has 0 fully saturated rings. The molecule has 0 radical (unpaired) electrons. The normalized spacial score (nSPS) is 11.2.